The zero-order valence-electron chi connectivity index (χ0n) is 11.8. The topological polar surface area (TPSA) is 64.0 Å². The number of hydrogen-bond acceptors (Lipinski definition) is 3. The van der Waals surface area contributed by atoms with Crippen molar-refractivity contribution in [2.24, 2.45) is 0 Å². The van der Waals surface area contributed by atoms with Crippen molar-refractivity contribution in [1.29, 1.82) is 0 Å². The minimum absolute atomic E-state index is 0.0853. The van der Waals surface area contributed by atoms with Crippen molar-refractivity contribution >= 4 is 15.7 Å². The average molecular weight is 311 g/mol. The van der Waals surface area contributed by atoms with Gasteiger partial charge in [-0.1, -0.05) is 31.5 Å². The van der Waals surface area contributed by atoms with Crippen LogP contribution in [0.4, 0.5) is 10.1 Å². The second-order valence-electron chi connectivity index (χ2n) is 4.79. The molecule has 0 atom stereocenters. The molecule has 1 aromatic carbocycles. The van der Waals surface area contributed by atoms with Crippen LogP contribution >= 0.6 is 0 Å². The van der Waals surface area contributed by atoms with Gasteiger partial charge in [0.2, 0.25) is 10.0 Å². The Labute approximate surface area is 123 Å². The highest BCUT2D eigenvalue weighted by Crippen LogP contribution is 2.12. The standard InChI is InChI=1S/C14H18FN3O2S/c1-2-3-8-21(19,20)17-13-9-16-18(11-13)10-12-6-4-5-7-14(12)15/h4-7,9,11,17H,2-3,8,10H2,1H3. The number of halogens is 1. The Bertz CT molecular complexity index is 698. The molecule has 5 nitrogen and oxygen atoms in total. The second kappa shape index (κ2) is 6.71. The molecule has 0 fully saturated rings. The van der Waals surface area contributed by atoms with Crippen LogP contribution in [-0.2, 0) is 16.6 Å². The van der Waals surface area contributed by atoms with Gasteiger partial charge in [0.05, 0.1) is 24.2 Å². The third-order valence-electron chi connectivity index (χ3n) is 2.96. The quantitative estimate of drug-likeness (QED) is 0.855. The molecule has 0 aliphatic rings. The third-order valence-corrected chi connectivity index (χ3v) is 4.34. The predicted octanol–water partition coefficient (Wildman–Crippen LogP) is 2.61. The van der Waals surface area contributed by atoms with Gasteiger partial charge in [0, 0.05) is 11.8 Å². The van der Waals surface area contributed by atoms with Gasteiger partial charge in [-0.15, -0.1) is 0 Å². The highest BCUT2D eigenvalue weighted by molar-refractivity contribution is 7.92. The Morgan fingerprint density at radius 3 is 2.81 bits per heavy atom. The largest absolute Gasteiger partial charge is 0.280 e. The van der Waals surface area contributed by atoms with Crippen LogP contribution in [0.5, 0.6) is 0 Å². The van der Waals surface area contributed by atoms with Crippen LogP contribution in [-0.4, -0.2) is 24.0 Å². The van der Waals surface area contributed by atoms with E-state index in [1.54, 1.807) is 24.4 Å². The molecular weight excluding hydrogens is 293 g/mol. The molecule has 0 aliphatic carbocycles. The summed E-state index contributed by atoms with van der Waals surface area (Å²) in [7, 11) is -3.34. The number of nitrogens with one attached hydrogen (secondary N) is 1. The highest BCUT2D eigenvalue weighted by Gasteiger charge is 2.11. The molecule has 2 aromatic rings. The van der Waals surface area contributed by atoms with Crippen molar-refractivity contribution in [2.45, 2.75) is 26.3 Å². The van der Waals surface area contributed by atoms with Gasteiger partial charge in [-0.25, -0.2) is 12.8 Å². The van der Waals surface area contributed by atoms with E-state index >= 15 is 0 Å². The maximum atomic E-state index is 13.5. The third kappa shape index (κ3) is 4.56. The van der Waals surface area contributed by atoms with Gasteiger partial charge >= 0.3 is 0 Å². The van der Waals surface area contributed by atoms with Gasteiger partial charge in [0.25, 0.3) is 0 Å². The molecule has 1 heterocycles. The highest BCUT2D eigenvalue weighted by atomic mass is 32.2. The summed E-state index contributed by atoms with van der Waals surface area (Å²) < 4.78 is 41.0. The van der Waals surface area contributed by atoms with Gasteiger partial charge in [-0.2, -0.15) is 5.10 Å². The van der Waals surface area contributed by atoms with Crippen LogP contribution in [0.2, 0.25) is 0 Å². The van der Waals surface area contributed by atoms with Gasteiger partial charge in [-0.05, 0) is 12.5 Å². The van der Waals surface area contributed by atoms with E-state index in [0.717, 1.165) is 6.42 Å². The maximum Gasteiger partial charge on any atom is 0.232 e. The smallest absolute Gasteiger partial charge is 0.232 e. The molecule has 0 bridgehead atoms. The zero-order valence-corrected chi connectivity index (χ0v) is 12.6. The SMILES string of the molecule is CCCCS(=O)(=O)Nc1cnn(Cc2ccccc2F)c1. The molecule has 2 rings (SSSR count). The molecule has 0 saturated heterocycles. The predicted molar refractivity (Wildman–Crippen MR) is 80.0 cm³/mol. The Hall–Kier alpha value is -1.89. The fourth-order valence-electron chi connectivity index (χ4n) is 1.87. The fraction of sp³-hybridized carbons (Fsp3) is 0.357. The summed E-state index contributed by atoms with van der Waals surface area (Å²) in [5.74, 6) is -0.222. The molecule has 21 heavy (non-hydrogen) atoms. The zero-order chi connectivity index (χ0) is 15.3. The van der Waals surface area contributed by atoms with Crippen molar-refractivity contribution in [3.63, 3.8) is 0 Å². The van der Waals surface area contributed by atoms with Crippen LogP contribution < -0.4 is 4.72 Å². The number of aromatic nitrogens is 2. The monoisotopic (exact) mass is 311 g/mol. The normalized spacial score (nSPS) is 11.5. The van der Waals surface area contributed by atoms with E-state index in [2.05, 4.69) is 9.82 Å². The van der Waals surface area contributed by atoms with E-state index in [-0.39, 0.29) is 18.1 Å². The Balaban J connectivity index is 2.03. The van der Waals surface area contributed by atoms with Crippen molar-refractivity contribution in [3.05, 3.63) is 48.0 Å². The summed E-state index contributed by atoms with van der Waals surface area (Å²) in [4.78, 5) is 0. The molecule has 0 radical (unpaired) electrons. The summed E-state index contributed by atoms with van der Waals surface area (Å²) in [5.41, 5.74) is 0.892. The molecule has 1 N–H and O–H groups in total. The van der Waals surface area contributed by atoms with Crippen LogP contribution in [0.15, 0.2) is 36.7 Å². The van der Waals surface area contributed by atoms with Crippen LogP contribution in [0.3, 0.4) is 0 Å². The molecule has 7 heteroatoms. The van der Waals surface area contributed by atoms with Gasteiger partial charge in [0.1, 0.15) is 5.82 Å². The number of anilines is 1. The summed E-state index contributed by atoms with van der Waals surface area (Å²) in [6.45, 7) is 2.19. The number of unbranched alkanes of at least 4 members (excludes halogenated alkanes) is 1. The lowest BCUT2D eigenvalue weighted by Crippen LogP contribution is -2.16. The van der Waals surface area contributed by atoms with E-state index in [0.29, 0.717) is 17.7 Å². The first-order valence-corrected chi connectivity index (χ1v) is 8.42. The average Bonchev–Trinajstić information content (AvgIpc) is 2.86. The van der Waals surface area contributed by atoms with E-state index in [9.17, 15) is 12.8 Å². The first-order valence-electron chi connectivity index (χ1n) is 6.76. The van der Waals surface area contributed by atoms with Crippen molar-refractivity contribution in [1.82, 2.24) is 9.78 Å². The van der Waals surface area contributed by atoms with Crippen molar-refractivity contribution in [3.8, 4) is 0 Å². The molecule has 1 aromatic heterocycles. The van der Waals surface area contributed by atoms with E-state index in [4.69, 9.17) is 0 Å². The Morgan fingerprint density at radius 1 is 1.33 bits per heavy atom. The van der Waals surface area contributed by atoms with E-state index < -0.39 is 10.0 Å². The number of rotatable bonds is 7. The molecule has 0 aliphatic heterocycles. The molecule has 0 saturated carbocycles. The molecule has 0 unspecified atom stereocenters. The number of benzene rings is 1. The minimum atomic E-state index is -3.34. The lowest BCUT2D eigenvalue weighted by Gasteiger charge is -2.05. The van der Waals surface area contributed by atoms with Crippen LogP contribution in [0, 0.1) is 5.82 Å². The van der Waals surface area contributed by atoms with E-state index in [1.165, 1.54) is 16.9 Å². The Kier molecular flexibility index (Phi) is 4.95. The summed E-state index contributed by atoms with van der Waals surface area (Å²) in [6.07, 6.45) is 4.40. The number of nitrogens with zero attached hydrogens (tertiary/aromatic N) is 2. The molecule has 114 valence electrons. The van der Waals surface area contributed by atoms with Crippen LogP contribution in [0.1, 0.15) is 25.3 Å². The summed E-state index contributed by atoms with van der Waals surface area (Å²) >= 11 is 0. The van der Waals surface area contributed by atoms with E-state index in [1.807, 2.05) is 6.92 Å². The van der Waals surface area contributed by atoms with Gasteiger partial charge in [0.15, 0.2) is 0 Å². The van der Waals surface area contributed by atoms with Crippen molar-refractivity contribution in [2.75, 3.05) is 10.5 Å². The Morgan fingerprint density at radius 2 is 2.10 bits per heavy atom. The lowest BCUT2D eigenvalue weighted by atomic mass is 10.2. The minimum Gasteiger partial charge on any atom is -0.280 e. The maximum absolute atomic E-state index is 13.5. The van der Waals surface area contributed by atoms with Gasteiger partial charge in [-0.3, -0.25) is 9.40 Å². The van der Waals surface area contributed by atoms with Crippen LogP contribution in [0.25, 0.3) is 0 Å². The number of sulfonamides is 1. The molecular formula is C14H18FN3O2S. The first kappa shape index (κ1) is 15.5. The van der Waals surface area contributed by atoms with Gasteiger partial charge < -0.3 is 0 Å². The summed E-state index contributed by atoms with van der Waals surface area (Å²) in [6, 6.07) is 6.42. The molecule has 0 amide bonds. The second-order valence-corrected chi connectivity index (χ2v) is 6.63. The molecule has 0 spiro atoms. The number of hydrogen-bond donors (Lipinski definition) is 1. The van der Waals surface area contributed by atoms with Crippen molar-refractivity contribution < 1.29 is 12.8 Å². The first-order chi connectivity index (χ1) is 10.00. The lowest BCUT2D eigenvalue weighted by molar-refractivity contribution is 0.585. The summed E-state index contributed by atoms with van der Waals surface area (Å²) in [5, 5.41) is 4.04. The fourth-order valence-corrected chi connectivity index (χ4v) is 3.10.